The number of benzene rings is 2. The summed E-state index contributed by atoms with van der Waals surface area (Å²) in [7, 11) is 0. The van der Waals surface area contributed by atoms with Crippen LogP contribution in [-0.2, 0) is 12.1 Å². The minimum Gasteiger partial charge on any atom is -0.312 e. The zero-order chi connectivity index (χ0) is 18.3. The molecule has 2 aromatic carbocycles. The predicted octanol–water partition coefficient (Wildman–Crippen LogP) is 6.75. The molecule has 0 bridgehead atoms. The highest BCUT2D eigenvalue weighted by molar-refractivity contribution is 9.10. The molecule has 2 nitrogen and oxygen atoms in total. The maximum Gasteiger partial charge on any atom is 0.254 e. The van der Waals surface area contributed by atoms with E-state index in [0.29, 0.717) is 20.1 Å². The molecule has 0 aromatic heterocycles. The summed E-state index contributed by atoms with van der Waals surface area (Å²) < 4.78 is 27.6. The van der Waals surface area contributed by atoms with E-state index in [2.05, 4.69) is 41.5 Å². The molecule has 24 heavy (non-hydrogen) atoms. The lowest BCUT2D eigenvalue weighted by atomic mass is 9.95. The standard InChI is InChI=1S/C10H9BrFN.C8H5BrFN/c1-10(2,13-3)8-5-4-7(11)6-9(8)12;1-11-5-6-2-3-7(9)4-8(6)10/h4-6H,1-2H3;2-4H,5H2. The summed E-state index contributed by atoms with van der Waals surface area (Å²) in [6.45, 7) is 17.0. The van der Waals surface area contributed by atoms with Crippen molar-refractivity contribution in [1.82, 2.24) is 0 Å². The highest BCUT2D eigenvalue weighted by Crippen LogP contribution is 2.28. The third-order valence-corrected chi connectivity index (χ3v) is 4.12. The van der Waals surface area contributed by atoms with Crippen LogP contribution in [0.3, 0.4) is 0 Å². The van der Waals surface area contributed by atoms with Crippen LogP contribution in [0.2, 0.25) is 0 Å². The van der Waals surface area contributed by atoms with Gasteiger partial charge in [0.15, 0.2) is 0 Å². The lowest BCUT2D eigenvalue weighted by Crippen LogP contribution is -2.13. The Morgan fingerprint density at radius 2 is 1.50 bits per heavy atom. The molecule has 0 saturated heterocycles. The molecule has 0 unspecified atom stereocenters. The van der Waals surface area contributed by atoms with Crippen molar-refractivity contribution in [2.75, 3.05) is 0 Å². The highest BCUT2D eigenvalue weighted by Gasteiger charge is 2.29. The van der Waals surface area contributed by atoms with Crippen LogP contribution >= 0.6 is 31.9 Å². The molecule has 0 atom stereocenters. The molecular formula is C18H14Br2F2N2. The van der Waals surface area contributed by atoms with Crippen molar-refractivity contribution in [2.45, 2.75) is 25.9 Å². The predicted molar refractivity (Wildman–Crippen MR) is 98.1 cm³/mol. The first-order chi connectivity index (χ1) is 11.2. The summed E-state index contributed by atoms with van der Waals surface area (Å²) in [4.78, 5) is 6.47. The maximum absolute atomic E-state index is 13.4. The van der Waals surface area contributed by atoms with E-state index in [0.717, 1.165) is 0 Å². The maximum atomic E-state index is 13.4. The molecule has 6 heteroatoms. The van der Waals surface area contributed by atoms with Gasteiger partial charge < -0.3 is 9.69 Å². The Morgan fingerprint density at radius 3 is 1.96 bits per heavy atom. The van der Waals surface area contributed by atoms with E-state index in [1.54, 1.807) is 38.1 Å². The molecule has 0 N–H and O–H groups in total. The summed E-state index contributed by atoms with van der Waals surface area (Å²) in [5, 5.41) is 0. The number of halogens is 4. The molecular weight excluding hydrogens is 442 g/mol. The fraction of sp³-hybridized carbons (Fsp3) is 0.222. The van der Waals surface area contributed by atoms with E-state index in [1.165, 1.54) is 12.1 Å². The van der Waals surface area contributed by atoms with Gasteiger partial charge in [0.2, 0.25) is 6.54 Å². The normalized spacial score (nSPS) is 10.2. The lowest BCUT2D eigenvalue weighted by Gasteiger charge is -2.12. The van der Waals surface area contributed by atoms with Crippen molar-refractivity contribution >= 4 is 31.9 Å². The Bertz CT molecular complexity index is 806. The Labute approximate surface area is 157 Å². The molecule has 2 aromatic rings. The van der Waals surface area contributed by atoms with Crippen LogP contribution in [0.4, 0.5) is 8.78 Å². The fourth-order valence-corrected chi connectivity index (χ4v) is 2.45. The molecule has 0 spiro atoms. The Morgan fingerprint density at radius 1 is 0.958 bits per heavy atom. The van der Waals surface area contributed by atoms with Crippen LogP contribution in [0.5, 0.6) is 0 Å². The Balaban J connectivity index is 0.000000243. The molecule has 0 amide bonds. The van der Waals surface area contributed by atoms with Crippen molar-refractivity contribution in [3.63, 3.8) is 0 Å². The SMILES string of the molecule is [C-]#[N+]C(C)(C)c1ccc(Br)cc1F.[C-]#[N+]Cc1ccc(Br)cc1F. The number of hydrogen-bond donors (Lipinski definition) is 0. The summed E-state index contributed by atoms with van der Waals surface area (Å²) in [5.41, 5.74) is 0.0963. The minimum atomic E-state index is -0.787. The number of nitrogens with zero attached hydrogens (tertiary/aromatic N) is 2. The summed E-state index contributed by atoms with van der Waals surface area (Å²) in [6.07, 6.45) is 0. The monoisotopic (exact) mass is 454 g/mol. The summed E-state index contributed by atoms with van der Waals surface area (Å²) >= 11 is 6.30. The van der Waals surface area contributed by atoms with E-state index in [4.69, 9.17) is 13.1 Å². The molecule has 2 rings (SSSR count). The zero-order valence-corrected chi connectivity index (χ0v) is 16.2. The molecule has 0 heterocycles. The zero-order valence-electron chi connectivity index (χ0n) is 13.1. The third-order valence-electron chi connectivity index (χ3n) is 3.13. The van der Waals surface area contributed by atoms with Crippen LogP contribution in [0.1, 0.15) is 25.0 Å². The van der Waals surface area contributed by atoms with Gasteiger partial charge in [0.05, 0.1) is 11.1 Å². The van der Waals surface area contributed by atoms with E-state index >= 15 is 0 Å². The highest BCUT2D eigenvalue weighted by atomic mass is 79.9. The van der Waals surface area contributed by atoms with Gasteiger partial charge in [-0.3, -0.25) is 0 Å². The summed E-state index contributed by atoms with van der Waals surface area (Å²) in [5.74, 6) is -0.661. The van der Waals surface area contributed by atoms with E-state index < -0.39 is 5.54 Å². The summed E-state index contributed by atoms with van der Waals surface area (Å²) in [6, 6.07) is 9.45. The van der Waals surface area contributed by atoms with Crippen LogP contribution in [0.15, 0.2) is 45.3 Å². The van der Waals surface area contributed by atoms with Gasteiger partial charge in [0.25, 0.3) is 5.54 Å². The second kappa shape index (κ2) is 8.92. The minimum absolute atomic E-state index is 0.110. The topological polar surface area (TPSA) is 8.72 Å². The van der Waals surface area contributed by atoms with E-state index in [1.807, 2.05) is 0 Å². The molecule has 0 aliphatic carbocycles. The first kappa shape index (κ1) is 20.3. The van der Waals surface area contributed by atoms with Gasteiger partial charge in [0, 0.05) is 22.8 Å². The fourth-order valence-electron chi connectivity index (χ4n) is 1.78. The van der Waals surface area contributed by atoms with Crippen molar-refractivity contribution in [1.29, 1.82) is 0 Å². The quantitative estimate of drug-likeness (QED) is 0.443. The van der Waals surface area contributed by atoms with Gasteiger partial charge in [-0.2, -0.15) is 0 Å². The van der Waals surface area contributed by atoms with Crippen LogP contribution in [0, 0.1) is 24.8 Å². The Kier molecular flexibility index (Phi) is 7.54. The van der Waals surface area contributed by atoms with Gasteiger partial charge in [-0.1, -0.05) is 31.9 Å². The largest absolute Gasteiger partial charge is 0.312 e. The second-order valence-electron chi connectivity index (χ2n) is 5.35. The molecule has 0 aliphatic rings. The average molecular weight is 456 g/mol. The van der Waals surface area contributed by atoms with Crippen molar-refractivity contribution in [2.24, 2.45) is 0 Å². The van der Waals surface area contributed by atoms with Crippen LogP contribution in [-0.4, -0.2) is 0 Å². The van der Waals surface area contributed by atoms with Crippen molar-refractivity contribution in [3.05, 3.63) is 90.9 Å². The first-order valence-corrected chi connectivity index (χ1v) is 8.41. The molecule has 0 radical (unpaired) electrons. The van der Waals surface area contributed by atoms with Crippen LogP contribution in [0.25, 0.3) is 9.69 Å². The number of rotatable bonds is 2. The van der Waals surface area contributed by atoms with Crippen molar-refractivity contribution < 1.29 is 8.78 Å². The molecule has 0 saturated carbocycles. The van der Waals surface area contributed by atoms with Gasteiger partial charge in [-0.05, 0) is 36.4 Å². The third kappa shape index (κ3) is 5.70. The average Bonchev–Trinajstić information content (AvgIpc) is 2.50. The first-order valence-electron chi connectivity index (χ1n) is 6.82. The number of hydrogen-bond acceptors (Lipinski definition) is 0. The van der Waals surface area contributed by atoms with Crippen LogP contribution < -0.4 is 0 Å². The van der Waals surface area contributed by atoms with Gasteiger partial charge in [-0.25, -0.2) is 21.9 Å². The van der Waals surface area contributed by atoms with E-state index in [-0.39, 0.29) is 18.2 Å². The lowest BCUT2D eigenvalue weighted by molar-refractivity contribution is 0.556. The smallest absolute Gasteiger partial charge is 0.254 e. The van der Waals surface area contributed by atoms with Gasteiger partial charge in [-0.15, -0.1) is 0 Å². The van der Waals surface area contributed by atoms with E-state index in [9.17, 15) is 8.78 Å². The molecule has 0 fully saturated rings. The van der Waals surface area contributed by atoms with Gasteiger partial charge in [0.1, 0.15) is 11.6 Å². The van der Waals surface area contributed by atoms with Crippen molar-refractivity contribution in [3.8, 4) is 0 Å². The van der Waals surface area contributed by atoms with Gasteiger partial charge >= 0.3 is 0 Å². The molecule has 124 valence electrons. The second-order valence-corrected chi connectivity index (χ2v) is 7.18. The molecule has 0 aliphatic heterocycles. The Hall–Kier alpha value is -1.76.